The van der Waals surface area contributed by atoms with Gasteiger partial charge in [0.05, 0.1) is 29.9 Å². The second-order valence-corrected chi connectivity index (χ2v) is 7.91. The van der Waals surface area contributed by atoms with E-state index in [0.29, 0.717) is 11.3 Å². The number of benzene rings is 2. The number of rotatable bonds is 5. The number of sulfone groups is 1. The highest BCUT2D eigenvalue weighted by Crippen LogP contribution is 2.63. The summed E-state index contributed by atoms with van der Waals surface area (Å²) in [4.78, 5) is 0.166. The van der Waals surface area contributed by atoms with Gasteiger partial charge in [-0.3, -0.25) is 0 Å². The fourth-order valence-corrected chi connectivity index (χ4v) is 5.59. The predicted octanol–water partition coefficient (Wildman–Crippen LogP) is 2.14. The second-order valence-electron chi connectivity index (χ2n) is 5.84. The first-order valence-electron chi connectivity index (χ1n) is 7.46. The molecule has 5 nitrogen and oxygen atoms in total. The van der Waals surface area contributed by atoms with Crippen LogP contribution < -0.4 is 4.74 Å². The molecule has 1 saturated carbocycles. The summed E-state index contributed by atoms with van der Waals surface area (Å²) in [5.41, 5.74) is -0.612. The molecule has 0 saturated heterocycles. The van der Waals surface area contributed by atoms with Gasteiger partial charge in [0, 0.05) is 5.92 Å². The summed E-state index contributed by atoms with van der Waals surface area (Å²) in [6.45, 7) is -0.503. The van der Waals surface area contributed by atoms with Gasteiger partial charge >= 0.3 is 0 Å². The molecule has 124 valence electrons. The molecule has 6 heteroatoms. The van der Waals surface area contributed by atoms with Crippen LogP contribution >= 0.6 is 0 Å². The van der Waals surface area contributed by atoms with Crippen molar-refractivity contribution in [3.63, 3.8) is 0 Å². The molecular weight excluding hydrogens is 326 g/mol. The van der Waals surface area contributed by atoms with Crippen molar-refractivity contribution in [1.29, 1.82) is 5.26 Å². The number of hydrogen-bond donors (Lipinski definition) is 1. The lowest BCUT2D eigenvalue weighted by Gasteiger charge is -2.05. The third-order valence-corrected chi connectivity index (χ3v) is 6.90. The van der Waals surface area contributed by atoms with Crippen LogP contribution in [0.15, 0.2) is 59.5 Å². The standard InChI is InChI=1S/C18H17NO4S/c1-23-14-9-7-13(8-10-14)16-17(18(16,11-19)12-20)24(21,22)15-5-3-2-4-6-15/h2-10,16-17,20H,12H2,1H3/t16-,17+,18-/m0/s1. The van der Waals surface area contributed by atoms with Crippen molar-refractivity contribution in [2.75, 3.05) is 13.7 Å². The first-order valence-corrected chi connectivity index (χ1v) is 9.01. The van der Waals surface area contributed by atoms with E-state index < -0.39 is 33.0 Å². The number of nitriles is 1. The molecule has 0 amide bonds. The van der Waals surface area contributed by atoms with E-state index in [2.05, 4.69) is 0 Å². The van der Waals surface area contributed by atoms with Gasteiger partial charge < -0.3 is 9.84 Å². The Morgan fingerprint density at radius 2 is 1.79 bits per heavy atom. The minimum atomic E-state index is -3.72. The Hall–Kier alpha value is -2.36. The van der Waals surface area contributed by atoms with Crippen molar-refractivity contribution in [3.05, 3.63) is 60.2 Å². The number of aliphatic hydroxyl groups excluding tert-OH is 1. The van der Waals surface area contributed by atoms with Crippen LogP contribution in [0, 0.1) is 16.7 Å². The highest BCUT2D eigenvalue weighted by molar-refractivity contribution is 7.92. The van der Waals surface area contributed by atoms with Gasteiger partial charge in [-0.2, -0.15) is 5.26 Å². The van der Waals surface area contributed by atoms with Crippen molar-refractivity contribution < 1.29 is 18.3 Å². The number of ether oxygens (including phenoxy) is 1. The lowest BCUT2D eigenvalue weighted by atomic mass is 10.0. The molecule has 2 aromatic carbocycles. The molecule has 0 unspecified atom stereocenters. The maximum atomic E-state index is 12.9. The Morgan fingerprint density at radius 3 is 2.29 bits per heavy atom. The van der Waals surface area contributed by atoms with Crippen LogP contribution in [0.1, 0.15) is 11.5 Å². The molecule has 3 rings (SSSR count). The molecule has 0 heterocycles. The SMILES string of the molecule is COc1ccc([C@H]2[C@@H](S(=O)(=O)c3ccccc3)[C@@]2(C#N)CO)cc1. The lowest BCUT2D eigenvalue weighted by molar-refractivity contribution is 0.242. The highest BCUT2D eigenvalue weighted by Gasteiger charge is 2.72. The predicted molar refractivity (Wildman–Crippen MR) is 88.3 cm³/mol. The molecule has 1 N–H and O–H groups in total. The molecule has 2 aromatic rings. The number of aliphatic hydroxyl groups is 1. The van der Waals surface area contributed by atoms with E-state index in [1.807, 2.05) is 6.07 Å². The zero-order valence-corrected chi connectivity index (χ0v) is 13.9. The van der Waals surface area contributed by atoms with Gasteiger partial charge in [-0.25, -0.2) is 8.42 Å². The van der Waals surface area contributed by atoms with Gasteiger partial charge in [0.25, 0.3) is 0 Å². The summed E-state index contributed by atoms with van der Waals surface area (Å²) >= 11 is 0. The van der Waals surface area contributed by atoms with Crippen LogP contribution in [0.2, 0.25) is 0 Å². The van der Waals surface area contributed by atoms with Crippen LogP contribution in [0.4, 0.5) is 0 Å². The van der Waals surface area contributed by atoms with E-state index in [1.54, 1.807) is 49.6 Å². The third-order valence-electron chi connectivity index (χ3n) is 4.61. The Morgan fingerprint density at radius 1 is 1.17 bits per heavy atom. The van der Waals surface area contributed by atoms with Crippen LogP contribution in [0.5, 0.6) is 5.75 Å². The largest absolute Gasteiger partial charge is 0.497 e. The van der Waals surface area contributed by atoms with Crippen molar-refractivity contribution in [3.8, 4) is 11.8 Å². The molecular formula is C18H17NO4S. The minimum Gasteiger partial charge on any atom is -0.497 e. The van der Waals surface area contributed by atoms with Crippen molar-refractivity contribution in [2.24, 2.45) is 5.41 Å². The fraction of sp³-hybridized carbons (Fsp3) is 0.278. The zero-order chi connectivity index (χ0) is 17.4. The molecule has 3 atom stereocenters. The molecule has 0 radical (unpaired) electrons. The summed E-state index contributed by atoms with van der Waals surface area (Å²) in [5.74, 6) is 0.0806. The Labute approximate surface area is 141 Å². The average Bonchev–Trinajstić information content (AvgIpc) is 3.33. The first-order chi connectivity index (χ1) is 11.5. The van der Waals surface area contributed by atoms with Gasteiger partial charge in [-0.05, 0) is 29.8 Å². The number of methoxy groups -OCH3 is 1. The average molecular weight is 343 g/mol. The van der Waals surface area contributed by atoms with Gasteiger partial charge in [-0.15, -0.1) is 0 Å². The molecule has 0 spiro atoms. The Balaban J connectivity index is 2.04. The molecule has 1 fully saturated rings. The Bertz CT molecular complexity index is 871. The van der Waals surface area contributed by atoms with E-state index in [1.165, 1.54) is 12.1 Å². The van der Waals surface area contributed by atoms with E-state index in [4.69, 9.17) is 4.74 Å². The maximum absolute atomic E-state index is 12.9. The van der Waals surface area contributed by atoms with Gasteiger partial charge in [0.2, 0.25) is 0 Å². The van der Waals surface area contributed by atoms with Crippen molar-refractivity contribution in [1.82, 2.24) is 0 Å². The maximum Gasteiger partial charge on any atom is 0.183 e. The van der Waals surface area contributed by atoms with Gasteiger partial charge in [0.1, 0.15) is 11.2 Å². The molecule has 1 aliphatic carbocycles. The third kappa shape index (κ3) is 2.37. The van der Waals surface area contributed by atoms with Crippen LogP contribution in [-0.4, -0.2) is 32.5 Å². The smallest absolute Gasteiger partial charge is 0.183 e. The Kier molecular flexibility index (Phi) is 4.08. The summed E-state index contributed by atoms with van der Waals surface area (Å²) in [6, 6.07) is 17.0. The first kappa shape index (κ1) is 16.5. The summed E-state index contributed by atoms with van der Waals surface area (Å²) in [6.07, 6.45) is 0. The van der Waals surface area contributed by atoms with E-state index in [0.717, 1.165) is 0 Å². The number of nitrogens with zero attached hydrogens (tertiary/aromatic N) is 1. The zero-order valence-electron chi connectivity index (χ0n) is 13.1. The molecule has 1 aliphatic rings. The van der Waals surface area contributed by atoms with Crippen molar-refractivity contribution in [2.45, 2.75) is 16.1 Å². The van der Waals surface area contributed by atoms with Gasteiger partial charge in [0.15, 0.2) is 9.84 Å². The van der Waals surface area contributed by atoms with Crippen LogP contribution in [0.3, 0.4) is 0 Å². The topological polar surface area (TPSA) is 87.4 Å². The van der Waals surface area contributed by atoms with E-state index >= 15 is 0 Å². The molecule has 0 bridgehead atoms. The van der Waals surface area contributed by atoms with Crippen molar-refractivity contribution >= 4 is 9.84 Å². The quantitative estimate of drug-likeness (QED) is 0.899. The van der Waals surface area contributed by atoms with Crippen LogP contribution in [0.25, 0.3) is 0 Å². The fourth-order valence-electron chi connectivity index (χ4n) is 3.26. The normalized spacial score (nSPS) is 25.7. The lowest BCUT2D eigenvalue weighted by Crippen LogP contribution is -2.18. The monoisotopic (exact) mass is 343 g/mol. The van der Waals surface area contributed by atoms with Crippen LogP contribution in [-0.2, 0) is 9.84 Å². The molecule has 0 aliphatic heterocycles. The molecule has 0 aromatic heterocycles. The summed E-state index contributed by atoms with van der Waals surface area (Å²) < 4.78 is 31.0. The summed E-state index contributed by atoms with van der Waals surface area (Å²) in [7, 11) is -2.18. The number of hydrogen-bond acceptors (Lipinski definition) is 5. The van der Waals surface area contributed by atoms with Gasteiger partial charge in [-0.1, -0.05) is 30.3 Å². The highest BCUT2D eigenvalue weighted by atomic mass is 32.2. The summed E-state index contributed by atoms with van der Waals surface area (Å²) in [5, 5.41) is 18.4. The van der Waals surface area contributed by atoms with E-state index in [-0.39, 0.29) is 4.90 Å². The minimum absolute atomic E-state index is 0.166. The molecule has 24 heavy (non-hydrogen) atoms. The second kappa shape index (κ2) is 5.93. The van der Waals surface area contributed by atoms with E-state index in [9.17, 15) is 18.8 Å².